The first-order valence-corrected chi connectivity index (χ1v) is 10.7. The van der Waals surface area contributed by atoms with E-state index in [9.17, 15) is 9.59 Å². The van der Waals surface area contributed by atoms with Crippen molar-refractivity contribution >= 4 is 11.9 Å². The molecular formula is C26H31NO4. The summed E-state index contributed by atoms with van der Waals surface area (Å²) in [4.78, 5) is 28.0. The SMILES string of the molecule is COc1ccc([C@H]2CC(=O)N(Cc3ccc(C)cc3)C(C)=C2C(=O)OCC(C)C)cc1. The van der Waals surface area contributed by atoms with Crippen LogP contribution in [0.2, 0.25) is 0 Å². The zero-order chi connectivity index (χ0) is 22.5. The molecule has 0 saturated heterocycles. The molecule has 1 atom stereocenters. The number of esters is 1. The van der Waals surface area contributed by atoms with E-state index in [1.54, 1.807) is 12.0 Å². The van der Waals surface area contributed by atoms with Crippen LogP contribution in [0.15, 0.2) is 59.8 Å². The standard InChI is InChI=1S/C26H31NO4/c1-17(2)16-31-26(29)25-19(4)27(15-20-8-6-18(3)7-9-20)24(28)14-23(25)21-10-12-22(30-5)13-11-21/h6-13,17,23H,14-16H2,1-5H3/t23-/m1/s1. The van der Waals surface area contributed by atoms with Gasteiger partial charge in [0.2, 0.25) is 5.91 Å². The van der Waals surface area contributed by atoms with E-state index < -0.39 is 0 Å². The van der Waals surface area contributed by atoms with Gasteiger partial charge in [-0.15, -0.1) is 0 Å². The fourth-order valence-electron chi connectivity index (χ4n) is 3.79. The number of aryl methyl sites for hydroxylation is 1. The van der Waals surface area contributed by atoms with Crippen LogP contribution >= 0.6 is 0 Å². The van der Waals surface area contributed by atoms with Crippen LogP contribution in [-0.4, -0.2) is 30.5 Å². The number of carbonyl (C=O) groups excluding carboxylic acids is 2. The van der Waals surface area contributed by atoms with Gasteiger partial charge in [0.25, 0.3) is 0 Å². The van der Waals surface area contributed by atoms with Gasteiger partial charge in [0.05, 0.1) is 25.8 Å². The van der Waals surface area contributed by atoms with E-state index in [1.165, 1.54) is 5.56 Å². The van der Waals surface area contributed by atoms with Crippen LogP contribution in [0.25, 0.3) is 0 Å². The Kier molecular flexibility index (Phi) is 7.16. The minimum atomic E-state index is -0.353. The quantitative estimate of drug-likeness (QED) is 0.591. The molecule has 0 aromatic heterocycles. The predicted molar refractivity (Wildman–Crippen MR) is 121 cm³/mol. The van der Waals surface area contributed by atoms with Gasteiger partial charge in [0.15, 0.2) is 0 Å². The Bertz CT molecular complexity index is 958. The summed E-state index contributed by atoms with van der Waals surface area (Å²) in [6.45, 7) is 8.65. The van der Waals surface area contributed by atoms with Gasteiger partial charge in [-0.2, -0.15) is 0 Å². The second-order valence-electron chi connectivity index (χ2n) is 8.49. The Morgan fingerprint density at radius 1 is 1.06 bits per heavy atom. The van der Waals surface area contributed by atoms with Gasteiger partial charge in [-0.1, -0.05) is 55.8 Å². The molecule has 5 nitrogen and oxygen atoms in total. The maximum absolute atomic E-state index is 13.1. The summed E-state index contributed by atoms with van der Waals surface area (Å²) >= 11 is 0. The second-order valence-corrected chi connectivity index (χ2v) is 8.49. The van der Waals surface area contributed by atoms with E-state index in [2.05, 4.69) is 0 Å². The molecule has 31 heavy (non-hydrogen) atoms. The summed E-state index contributed by atoms with van der Waals surface area (Å²) in [7, 11) is 1.61. The molecule has 5 heteroatoms. The highest BCUT2D eigenvalue weighted by molar-refractivity contribution is 5.95. The van der Waals surface area contributed by atoms with Crippen molar-refractivity contribution < 1.29 is 19.1 Å². The first kappa shape index (κ1) is 22.6. The van der Waals surface area contributed by atoms with Crippen molar-refractivity contribution in [3.05, 3.63) is 76.5 Å². The molecule has 0 radical (unpaired) electrons. The third-order valence-corrected chi connectivity index (χ3v) is 5.57. The Morgan fingerprint density at radius 3 is 2.29 bits per heavy atom. The summed E-state index contributed by atoms with van der Waals surface area (Å²) in [5, 5.41) is 0. The Morgan fingerprint density at radius 2 is 1.71 bits per heavy atom. The minimum absolute atomic E-state index is 0.000646. The molecule has 3 rings (SSSR count). The number of ether oxygens (including phenoxy) is 2. The van der Waals surface area contributed by atoms with Crippen LogP contribution in [0.1, 0.15) is 49.8 Å². The van der Waals surface area contributed by atoms with Gasteiger partial charge in [-0.3, -0.25) is 4.79 Å². The van der Waals surface area contributed by atoms with Crippen LogP contribution in [0, 0.1) is 12.8 Å². The second kappa shape index (κ2) is 9.82. The number of allylic oxidation sites excluding steroid dienone is 1. The van der Waals surface area contributed by atoms with Crippen LogP contribution in [0.4, 0.5) is 0 Å². The average Bonchev–Trinajstić information content (AvgIpc) is 2.76. The van der Waals surface area contributed by atoms with E-state index in [4.69, 9.17) is 9.47 Å². The predicted octanol–water partition coefficient (Wildman–Crippen LogP) is 4.99. The largest absolute Gasteiger partial charge is 0.497 e. The third kappa shape index (κ3) is 5.35. The van der Waals surface area contributed by atoms with E-state index in [0.717, 1.165) is 16.9 Å². The van der Waals surface area contributed by atoms with Crippen molar-refractivity contribution in [2.45, 2.75) is 46.6 Å². The number of carbonyl (C=O) groups is 2. The van der Waals surface area contributed by atoms with E-state index >= 15 is 0 Å². The van der Waals surface area contributed by atoms with E-state index in [0.29, 0.717) is 24.4 Å². The van der Waals surface area contributed by atoms with Gasteiger partial charge in [0.1, 0.15) is 5.75 Å². The zero-order valence-corrected chi connectivity index (χ0v) is 19.0. The lowest BCUT2D eigenvalue weighted by molar-refractivity contribution is -0.141. The topological polar surface area (TPSA) is 55.8 Å². The highest BCUT2D eigenvalue weighted by atomic mass is 16.5. The molecule has 1 aliphatic heterocycles. The number of hydrogen-bond acceptors (Lipinski definition) is 4. The van der Waals surface area contributed by atoms with Gasteiger partial charge in [-0.05, 0) is 43.0 Å². The Hall–Kier alpha value is -3.08. The number of methoxy groups -OCH3 is 1. The molecule has 1 amide bonds. The van der Waals surface area contributed by atoms with Crippen molar-refractivity contribution in [2.75, 3.05) is 13.7 Å². The van der Waals surface area contributed by atoms with Crippen LogP contribution < -0.4 is 4.74 Å². The number of nitrogens with zero attached hydrogens (tertiary/aromatic N) is 1. The highest BCUT2D eigenvalue weighted by Crippen LogP contribution is 2.38. The van der Waals surface area contributed by atoms with Crippen molar-refractivity contribution in [3.8, 4) is 5.75 Å². The summed E-state index contributed by atoms with van der Waals surface area (Å²) in [5.74, 6) is 0.273. The van der Waals surface area contributed by atoms with E-state index in [1.807, 2.05) is 76.2 Å². The lowest BCUT2D eigenvalue weighted by Crippen LogP contribution is -2.38. The molecule has 0 N–H and O–H groups in total. The lowest BCUT2D eigenvalue weighted by Gasteiger charge is -2.34. The molecule has 2 aromatic carbocycles. The first-order valence-electron chi connectivity index (χ1n) is 10.7. The molecule has 0 unspecified atom stereocenters. The molecule has 1 heterocycles. The van der Waals surface area contributed by atoms with Gasteiger partial charge < -0.3 is 14.4 Å². The zero-order valence-electron chi connectivity index (χ0n) is 19.0. The summed E-state index contributed by atoms with van der Waals surface area (Å²) in [5.41, 5.74) is 4.30. The monoisotopic (exact) mass is 421 g/mol. The minimum Gasteiger partial charge on any atom is -0.497 e. The smallest absolute Gasteiger partial charge is 0.336 e. The average molecular weight is 422 g/mol. The molecule has 2 aromatic rings. The number of hydrogen-bond donors (Lipinski definition) is 0. The van der Waals surface area contributed by atoms with Gasteiger partial charge in [0, 0.05) is 18.0 Å². The van der Waals surface area contributed by atoms with Crippen LogP contribution in [0.3, 0.4) is 0 Å². The number of rotatable bonds is 7. The molecule has 1 aliphatic rings. The fourth-order valence-corrected chi connectivity index (χ4v) is 3.79. The van der Waals surface area contributed by atoms with Crippen molar-refractivity contribution in [3.63, 3.8) is 0 Å². The van der Waals surface area contributed by atoms with Crippen LogP contribution in [-0.2, 0) is 20.9 Å². The molecular weight excluding hydrogens is 390 g/mol. The van der Waals surface area contributed by atoms with Crippen LogP contribution in [0.5, 0.6) is 5.75 Å². The number of benzene rings is 2. The van der Waals surface area contributed by atoms with Crippen molar-refractivity contribution in [1.29, 1.82) is 0 Å². The van der Waals surface area contributed by atoms with Gasteiger partial charge in [-0.25, -0.2) is 4.79 Å². The summed E-state index contributed by atoms with van der Waals surface area (Å²) in [6.07, 6.45) is 0.224. The summed E-state index contributed by atoms with van der Waals surface area (Å²) < 4.78 is 10.9. The van der Waals surface area contributed by atoms with Gasteiger partial charge >= 0.3 is 5.97 Å². The highest BCUT2D eigenvalue weighted by Gasteiger charge is 2.37. The maximum Gasteiger partial charge on any atom is 0.336 e. The Balaban J connectivity index is 1.98. The van der Waals surface area contributed by atoms with E-state index in [-0.39, 0.29) is 30.1 Å². The Labute approximate surface area is 184 Å². The molecule has 0 fully saturated rings. The first-order chi connectivity index (χ1) is 14.8. The third-order valence-electron chi connectivity index (χ3n) is 5.57. The number of amides is 1. The maximum atomic E-state index is 13.1. The van der Waals surface area contributed by atoms with Crippen molar-refractivity contribution in [2.24, 2.45) is 5.92 Å². The fraction of sp³-hybridized carbons (Fsp3) is 0.385. The molecule has 0 aliphatic carbocycles. The molecule has 164 valence electrons. The molecule has 0 bridgehead atoms. The lowest BCUT2D eigenvalue weighted by atomic mass is 9.83. The normalized spacial score (nSPS) is 16.6. The van der Waals surface area contributed by atoms with Crippen molar-refractivity contribution in [1.82, 2.24) is 4.90 Å². The summed E-state index contributed by atoms with van der Waals surface area (Å²) in [6, 6.07) is 15.6. The molecule has 0 saturated carbocycles. The molecule has 0 spiro atoms.